The first kappa shape index (κ1) is 15.8. The summed E-state index contributed by atoms with van der Waals surface area (Å²) in [6, 6.07) is 0. The van der Waals surface area contributed by atoms with Crippen LogP contribution in [-0.2, 0) is 0 Å². The van der Waals surface area contributed by atoms with E-state index in [1.54, 1.807) is 0 Å². The van der Waals surface area contributed by atoms with Gasteiger partial charge in [-0.15, -0.1) is 0 Å². The molecule has 0 saturated heterocycles. The first-order valence-corrected chi connectivity index (χ1v) is 5.15. The van der Waals surface area contributed by atoms with E-state index < -0.39 is 0 Å². The molecule has 0 amide bonds. The summed E-state index contributed by atoms with van der Waals surface area (Å²) in [7, 11) is 4.25. The molecule has 4 heteroatoms. The molecule has 0 unspecified atom stereocenters. The zero-order chi connectivity index (χ0) is 2.00. The molecule has 19 valence electrons. The van der Waals surface area contributed by atoms with Crippen molar-refractivity contribution in [2.75, 3.05) is 0 Å². The van der Waals surface area contributed by atoms with E-state index in [-0.39, 0.29) is 42.8 Å². The van der Waals surface area contributed by atoms with E-state index >= 15 is 0 Å². The molecule has 0 fully saturated rings. The van der Waals surface area contributed by atoms with Crippen LogP contribution in [0, 0.1) is 31.3 Å². The molecule has 0 saturated carbocycles. The number of rotatable bonds is 0. The van der Waals surface area contributed by atoms with E-state index in [1.165, 1.54) is 0 Å². The summed E-state index contributed by atoms with van der Waals surface area (Å²) < 4.78 is 0. The second-order valence-corrected chi connectivity index (χ2v) is 0. The van der Waals surface area contributed by atoms with E-state index in [0.717, 1.165) is 31.3 Å². The molecule has 0 bridgehead atoms. The van der Waals surface area contributed by atoms with Crippen LogP contribution in [0.4, 0.5) is 0 Å². The summed E-state index contributed by atoms with van der Waals surface area (Å²) >= 11 is 0.750. The molecule has 0 spiro atoms. The van der Waals surface area contributed by atoms with Crippen LogP contribution < -0.4 is 0 Å². The molecule has 0 nitrogen and oxygen atoms in total. The van der Waals surface area contributed by atoms with Gasteiger partial charge in [-0.1, -0.05) is 0 Å². The minimum atomic E-state index is 0. The van der Waals surface area contributed by atoms with E-state index in [4.69, 9.17) is 0 Å². The Morgan fingerprint density at radius 1 is 1.25 bits per heavy atom. The first-order chi connectivity index (χ1) is 1.00. The molecular formula is H5GaLaMgS. The summed E-state index contributed by atoms with van der Waals surface area (Å²) in [5.74, 6) is 0. The Balaban J connectivity index is -0.00000000500. The molecule has 0 radical (unpaired) electrons. The molecule has 0 rings (SSSR count). The predicted octanol–water partition coefficient (Wildman–Crippen LogP) is -1.45. The van der Waals surface area contributed by atoms with Gasteiger partial charge in [0.25, 0.3) is 0 Å². The quantitative estimate of drug-likeness (QED) is 0.485. The number of hydrogen-bond donors (Lipinski definition) is 0. The van der Waals surface area contributed by atoms with E-state index in [1.807, 2.05) is 0 Å². The minimum absolute atomic E-state index is 0. The summed E-state index contributed by atoms with van der Waals surface area (Å²) in [6.45, 7) is 0. The van der Waals surface area contributed by atoms with Crippen LogP contribution in [0.25, 0.3) is 0 Å². The Labute approximate surface area is 79.4 Å². The fourth-order valence-corrected chi connectivity index (χ4v) is 0. The molecule has 0 aromatic heterocycles. The average Bonchev–Trinajstić information content (AvgIpc) is 1.00. The normalized spacial score (nSPS) is 1.50. The fraction of sp³-hybridized carbons (Fsp3) is 0. The summed E-state index contributed by atoms with van der Waals surface area (Å²) in [6.07, 6.45) is 0. The topological polar surface area (TPSA) is 0 Å². The van der Waals surface area contributed by atoms with Crippen molar-refractivity contribution in [1.82, 2.24) is 0 Å². The Morgan fingerprint density at radius 3 is 1.25 bits per heavy atom. The van der Waals surface area contributed by atoms with Crippen LogP contribution in [0.5, 0.6) is 0 Å². The maximum atomic E-state index is 4.25. The average molecular weight is 270 g/mol. The van der Waals surface area contributed by atoms with Gasteiger partial charge in [0.1, 0.15) is 0 Å². The summed E-state index contributed by atoms with van der Waals surface area (Å²) in [4.78, 5) is 0. The van der Waals surface area contributed by atoms with Gasteiger partial charge in [0.15, 0.2) is 0 Å². The summed E-state index contributed by atoms with van der Waals surface area (Å²) in [5, 5.41) is 0. The molecule has 4 heavy (non-hydrogen) atoms. The predicted molar refractivity (Wildman–Crippen MR) is 26.1 cm³/mol. The Morgan fingerprint density at radius 2 is 1.25 bits per heavy atom. The molecular weight excluding hydrogens is 265 g/mol. The van der Waals surface area contributed by atoms with Crippen molar-refractivity contribution < 1.29 is 31.3 Å². The standard InChI is InChI=1S/Ga.La.Mg.S.5H. The molecule has 0 aromatic rings. The van der Waals surface area contributed by atoms with E-state index in [9.17, 15) is 0 Å². The van der Waals surface area contributed by atoms with Crippen molar-refractivity contribution in [3.63, 3.8) is 0 Å². The monoisotopic (exact) mass is 269 g/mol. The molecule has 0 N–H and O–H groups in total. The van der Waals surface area contributed by atoms with Crippen molar-refractivity contribution >= 4 is 49.9 Å². The Bertz CT molecular complexity index is 8.00. The van der Waals surface area contributed by atoms with Crippen molar-refractivity contribution in [3.8, 4) is 0 Å². The molecule has 0 aliphatic carbocycles. The molecule has 0 heterocycles. The van der Waals surface area contributed by atoms with E-state index in [0.29, 0.717) is 0 Å². The fourth-order valence-electron chi connectivity index (χ4n) is 0. The molecule has 0 aromatic carbocycles. The van der Waals surface area contributed by atoms with Gasteiger partial charge in [-0.2, -0.15) is 0 Å². The Hall–Kier alpha value is 2.82. The van der Waals surface area contributed by atoms with Gasteiger partial charge in [0, 0.05) is 0 Å². The second-order valence-electron chi connectivity index (χ2n) is 0. The zero-order valence-corrected chi connectivity index (χ0v) is 5.43. The Kier molecular flexibility index (Phi) is 67.3. The van der Waals surface area contributed by atoms with Gasteiger partial charge in [-0.3, -0.25) is 0 Å². The van der Waals surface area contributed by atoms with Crippen LogP contribution in [0.1, 0.15) is 0 Å². The maximum absolute atomic E-state index is 4.25. The second kappa shape index (κ2) is 17.0. The third-order valence-corrected chi connectivity index (χ3v) is 0. The number of hydrogen-bond acceptors (Lipinski definition) is 1. The molecule has 0 aliphatic rings. The molecule has 0 atom stereocenters. The third kappa shape index (κ3) is 8.84. The van der Waals surface area contributed by atoms with Gasteiger partial charge in [-0.05, 0) is 0 Å². The zero-order valence-electron chi connectivity index (χ0n) is 0.986. The van der Waals surface area contributed by atoms with Gasteiger partial charge in [-0.25, -0.2) is 0 Å². The van der Waals surface area contributed by atoms with Gasteiger partial charge in [0.05, 0.1) is 0 Å². The van der Waals surface area contributed by atoms with Crippen molar-refractivity contribution in [2.24, 2.45) is 0 Å². The van der Waals surface area contributed by atoms with Crippen LogP contribution in [0.15, 0.2) is 0 Å². The van der Waals surface area contributed by atoms with Crippen LogP contribution in [0.2, 0.25) is 0 Å². The van der Waals surface area contributed by atoms with Crippen LogP contribution in [0.3, 0.4) is 0 Å². The van der Waals surface area contributed by atoms with Crippen LogP contribution in [-0.4, -0.2) is 42.8 Å². The third-order valence-electron chi connectivity index (χ3n) is 0. The van der Waals surface area contributed by atoms with Crippen molar-refractivity contribution in [2.45, 2.75) is 0 Å². The van der Waals surface area contributed by atoms with E-state index in [2.05, 4.69) is 7.03 Å². The van der Waals surface area contributed by atoms with Gasteiger partial charge in [0.2, 0.25) is 0 Å². The SMILES string of the molecule is [GaH3].[MgH2].[S]=[La]. The summed E-state index contributed by atoms with van der Waals surface area (Å²) in [5.41, 5.74) is 0. The first-order valence-electron chi connectivity index (χ1n) is 0.236. The van der Waals surface area contributed by atoms with Gasteiger partial charge < -0.3 is 0 Å². The van der Waals surface area contributed by atoms with Gasteiger partial charge >= 0.3 is 81.2 Å². The molecule has 0 aliphatic heterocycles. The van der Waals surface area contributed by atoms with Crippen LogP contribution >= 0.6 is 7.03 Å². The van der Waals surface area contributed by atoms with Crippen molar-refractivity contribution in [3.05, 3.63) is 0 Å². The van der Waals surface area contributed by atoms with Crippen molar-refractivity contribution in [1.29, 1.82) is 0 Å².